The number of aliphatic imine (C=N–C) groups is 1. The van der Waals surface area contributed by atoms with Crippen molar-refractivity contribution in [3.63, 3.8) is 0 Å². The number of guanidine groups is 1. The van der Waals surface area contributed by atoms with Gasteiger partial charge in [-0.2, -0.15) is 0 Å². The van der Waals surface area contributed by atoms with Crippen molar-refractivity contribution in [2.75, 3.05) is 20.1 Å². The monoisotopic (exact) mass is 502 g/mol. The maximum absolute atomic E-state index is 5.67. The zero-order chi connectivity index (χ0) is 18.9. The summed E-state index contributed by atoms with van der Waals surface area (Å²) in [6.45, 7) is 9.91. The van der Waals surface area contributed by atoms with Gasteiger partial charge in [-0.05, 0) is 51.8 Å². The van der Waals surface area contributed by atoms with Gasteiger partial charge >= 0.3 is 0 Å². The van der Waals surface area contributed by atoms with E-state index in [0.29, 0.717) is 0 Å². The van der Waals surface area contributed by atoms with Gasteiger partial charge in [0.1, 0.15) is 5.75 Å². The van der Waals surface area contributed by atoms with E-state index in [1.165, 1.54) is 15.4 Å². The largest absolute Gasteiger partial charge is 0.491 e. The van der Waals surface area contributed by atoms with Gasteiger partial charge in [-0.25, -0.2) is 4.98 Å². The van der Waals surface area contributed by atoms with Gasteiger partial charge in [0.15, 0.2) is 5.96 Å². The SMILES string of the molecule is CN=C(NCCc1ccc(OC(C)C)cc1)NCCc1nc(C)c(C)s1.I. The summed E-state index contributed by atoms with van der Waals surface area (Å²) in [5.41, 5.74) is 2.41. The van der Waals surface area contributed by atoms with E-state index in [2.05, 4.69) is 46.6 Å². The van der Waals surface area contributed by atoms with Crippen molar-refractivity contribution in [2.45, 2.75) is 46.6 Å². The van der Waals surface area contributed by atoms with Crippen LogP contribution in [0.25, 0.3) is 0 Å². The summed E-state index contributed by atoms with van der Waals surface area (Å²) in [7, 11) is 1.80. The van der Waals surface area contributed by atoms with E-state index in [1.807, 2.05) is 26.0 Å². The topological polar surface area (TPSA) is 58.5 Å². The fourth-order valence-corrected chi connectivity index (χ4v) is 3.42. The van der Waals surface area contributed by atoms with E-state index in [4.69, 9.17) is 4.74 Å². The highest BCUT2D eigenvalue weighted by atomic mass is 127. The number of rotatable bonds is 8. The number of halogens is 1. The van der Waals surface area contributed by atoms with E-state index in [9.17, 15) is 0 Å². The Morgan fingerprint density at radius 3 is 2.26 bits per heavy atom. The van der Waals surface area contributed by atoms with Gasteiger partial charge in [0.25, 0.3) is 0 Å². The number of hydrogen-bond donors (Lipinski definition) is 2. The Morgan fingerprint density at radius 2 is 1.74 bits per heavy atom. The Morgan fingerprint density at radius 1 is 1.11 bits per heavy atom. The van der Waals surface area contributed by atoms with E-state index < -0.39 is 0 Å². The lowest BCUT2D eigenvalue weighted by atomic mass is 10.1. The third-order valence-electron chi connectivity index (χ3n) is 3.93. The molecule has 0 bridgehead atoms. The molecule has 0 amide bonds. The van der Waals surface area contributed by atoms with Crippen molar-refractivity contribution >= 4 is 41.3 Å². The molecule has 1 aromatic carbocycles. The lowest BCUT2D eigenvalue weighted by Gasteiger charge is -2.12. The molecule has 150 valence electrons. The first-order valence-electron chi connectivity index (χ1n) is 9.11. The summed E-state index contributed by atoms with van der Waals surface area (Å²) in [6.07, 6.45) is 2.05. The molecule has 1 heterocycles. The molecule has 0 spiro atoms. The second-order valence-corrected chi connectivity index (χ2v) is 7.77. The molecule has 0 atom stereocenters. The zero-order valence-corrected chi connectivity index (χ0v) is 20.0. The number of ether oxygens (including phenoxy) is 1. The highest BCUT2D eigenvalue weighted by Crippen LogP contribution is 2.16. The van der Waals surface area contributed by atoms with E-state index in [-0.39, 0.29) is 30.1 Å². The maximum Gasteiger partial charge on any atom is 0.191 e. The van der Waals surface area contributed by atoms with Crippen molar-refractivity contribution in [1.29, 1.82) is 0 Å². The molecule has 0 aliphatic carbocycles. The number of hydrogen-bond acceptors (Lipinski definition) is 4. The smallest absolute Gasteiger partial charge is 0.191 e. The molecule has 2 N–H and O–H groups in total. The standard InChI is InChI=1S/C20H30N4OS.HI/c1-14(2)25-18-8-6-17(7-9-18)10-12-22-20(21-5)23-13-11-19-24-15(3)16(4)26-19;/h6-9,14H,10-13H2,1-5H3,(H2,21,22,23);1H. The molecule has 2 rings (SSSR count). The molecule has 0 unspecified atom stereocenters. The van der Waals surface area contributed by atoms with E-state index >= 15 is 0 Å². The van der Waals surface area contributed by atoms with Crippen LogP contribution in [0.3, 0.4) is 0 Å². The molecule has 0 aliphatic heterocycles. The lowest BCUT2D eigenvalue weighted by molar-refractivity contribution is 0.242. The summed E-state index contributed by atoms with van der Waals surface area (Å²) >= 11 is 1.77. The van der Waals surface area contributed by atoms with Crippen LogP contribution in [0.15, 0.2) is 29.3 Å². The second kappa shape index (κ2) is 12.2. The van der Waals surface area contributed by atoms with Gasteiger partial charge in [0.05, 0.1) is 16.8 Å². The van der Waals surface area contributed by atoms with Gasteiger partial charge in [0.2, 0.25) is 0 Å². The van der Waals surface area contributed by atoms with Crippen molar-refractivity contribution in [3.8, 4) is 5.75 Å². The highest BCUT2D eigenvalue weighted by Gasteiger charge is 2.04. The van der Waals surface area contributed by atoms with Crippen LogP contribution in [-0.2, 0) is 12.8 Å². The molecule has 0 saturated heterocycles. The average Bonchev–Trinajstić information content (AvgIpc) is 2.92. The third kappa shape index (κ3) is 8.47. The first kappa shape index (κ1) is 23.7. The van der Waals surface area contributed by atoms with Crippen LogP contribution >= 0.6 is 35.3 Å². The van der Waals surface area contributed by atoms with Gasteiger partial charge in [-0.15, -0.1) is 35.3 Å². The molecule has 0 saturated carbocycles. The minimum absolute atomic E-state index is 0. The molecule has 2 aromatic rings. The number of thiazole rings is 1. The van der Waals surface area contributed by atoms with Crippen LogP contribution in [0.2, 0.25) is 0 Å². The third-order valence-corrected chi connectivity index (χ3v) is 5.06. The Balaban J connectivity index is 0.00000364. The number of aryl methyl sites for hydroxylation is 2. The minimum atomic E-state index is 0. The lowest BCUT2D eigenvalue weighted by Crippen LogP contribution is -2.39. The first-order valence-corrected chi connectivity index (χ1v) is 9.92. The van der Waals surface area contributed by atoms with Gasteiger partial charge in [-0.3, -0.25) is 4.99 Å². The molecule has 1 aromatic heterocycles. The molecule has 0 radical (unpaired) electrons. The number of nitrogens with one attached hydrogen (secondary N) is 2. The minimum Gasteiger partial charge on any atom is -0.491 e. The van der Waals surface area contributed by atoms with Crippen LogP contribution in [0, 0.1) is 13.8 Å². The zero-order valence-electron chi connectivity index (χ0n) is 16.8. The molecular weight excluding hydrogens is 471 g/mol. The Labute approximate surface area is 184 Å². The fourth-order valence-electron chi connectivity index (χ4n) is 2.49. The number of nitrogens with zero attached hydrogens (tertiary/aromatic N) is 2. The summed E-state index contributed by atoms with van der Waals surface area (Å²) in [4.78, 5) is 10.1. The number of aromatic nitrogens is 1. The van der Waals surface area contributed by atoms with Gasteiger partial charge < -0.3 is 15.4 Å². The molecule has 0 fully saturated rings. The molecule has 7 heteroatoms. The fraction of sp³-hybridized carbons (Fsp3) is 0.500. The molecule has 0 aliphatic rings. The number of benzene rings is 1. The Hall–Kier alpha value is -1.35. The van der Waals surface area contributed by atoms with Crippen LogP contribution < -0.4 is 15.4 Å². The van der Waals surface area contributed by atoms with Gasteiger partial charge in [-0.1, -0.05) is 12.1 Å². The summed E-state index contributed by atoms with van der Waals surface area (Å²) in [5.74, 6) is 1.75. The van der Waals surface area contributed by atoms with E-state index in [0.717, 1.165) is 43.3 Å². The average molecular weight is 502 g/mol. The van der Waals surface area contributed by atoms with Crippen LogP contribution in [0.4, 0.5) is 0 Å². The van der Waals surface area contributed by atoms with Crippen molar-refractivity contribution < 1.29 is 4.74 Å². The molecular formula is C20H31IN4OS. The molecule has 5 nitrogen and oxygen atoms in total. The quantitative estimate of drug-likeness (QED) is 0.324. The predicted octanol–water partition coefficient (Wildman–Crippen LogP) is 4.12. The van der Waals surface area contributed by atoms with Crippen molar-refractivity contribution in [1.82, 2.24) is 15.6 Å². The normalized spacial score (nSPS) is 11.3. The summed E-state index contributed by atoms with van der Waals surface area (Å²) < 4.78 is 5.67. The first-order chi connectivity index (χ1) is 12.5. The molecule has 27 heavy (non-hydrogen) atoms. The van der Waals surface area contributed by atoms with Crippen LogP contribution in [0.1, 0.15) is 35.0 Å². The Kier molecular flexibility index (Phi) is 10.7. The predicted molar refractivity (Wildman–Crippen MR) is 126 cm³/mol. The maximum atomic E-state index is 5.67. The van der Waals surface area contributed by atoms with E-state index in [1.54, 1.807) is 18.4 Å². The van der Waals surface area contributed by atoms with Crippen LogP contribution in [-0.4, -0.2) is 37.2 Å². The second-order valence-electron chi connectivity index (χ2n) is 6.49. The summed E-state index contributed by atoms with van der Waals surface area (Å²) in [5, 5.41) is 7.88. The van der Waals surface area contributed by atoms with Gasteiger partial charge in [0, 0.05) is 31.4 Å². The summed E-state index contributed by atoms with van der Waals surface area (Å²) in [6, 6.07) is 8.28. The van der Waals surface area contributed by atoms with Crippen LogP contribution in [0.5, 0.6) is 5.75 Å². The highest BCUT2D eigenvalue weighted by molar-refractivity contribution is 14.0. The van der Waals surface area contributed by atoms with Crippen molar-refractivity contribution in [2.24, 2.45) is 4.99 Å². The Bertz CT molecular complexity index is 694. The van der Waals surface area contributed by atoms with Crippen molar-refractivity contribution in [3.05, 3.63) is 45.4 Å².